The third kappa shape index (κ3) is 13.9. The van der Waals surface area contributed by atoms with Crippen molar-refractivity contribution in [3.05, 3.63) is 141 Å². The highest BCUT2D eigenvalue weighted by atomic mass is 32.1. The molecule has 4 aliphatic rings. The number of hydrogen-bond donors (Lipinski definition) is 5. The smallest absolute Gasteiger partial charge is 0.355 e. The van der Waals surface area contributed by atoms with E-state index in [0.717, 1.165) is 87.4 Å². The van der Waals surface area contributed by atoms with E-state index in [1.165, 1.54) is 27.6 Å². The van der Waals surface area contributed by atoms with Crippen molar-refractivity contribution in [1.82, 2.24) is 35.4 Å². The molecule has 0 bridgehead atoms. The van der Waals surface area contributed by atoms with Gasteiger partial charge in [-0.05, 0) is 146 Å². The normalized spacial score (nSPS) is 18.0. The zero-order chi connectivity index (χ0) is 59.4. The lowest BCUT2D eigenvalue weighted by atomic mass is 9.57. The van der Waals surface area contributed by atoms with Crippen LogP contribution < -0.4 is 25.6 Å². The molecule has 0 unspecified atom stereocenters. The maximum absolute atomic E-state index is 14.2. The van der Waals surface area contributed by atoms with Crippen molar-refractivity contribution in [2.75, 3.05) is 49.5 Å². The number of aryl methyl sites for hydroxylation is 2. The van der Waals surface area contributed by atoms with Gasteiger partial charge in [0.25, 0.3) is 5.91 Å². The fourth-order valence-electron chi connectivity index (χ4n) is 12.3. The molecular formula is C65H71N9O8S3. The third-order valence-electron chi connectivity index (χ3n) is 16.9. The molecule has 442 valence electrons. The highest BCUT2D eigenvalue weighted by molar-refractivity contribution is 7.22. The van der Waals surface area contributed by atoms with Gasteiger partial charge in [0.15, 0.2) is 16.0 Å². The summed E-state index contributed by atoms with van der Waals surface area (Å²) in [5.74, 6) is 5.44. The Labute approximate surface area is 507 Å². The summed E-state index contributed by atoms with van der Waals surface area (Å²) in [5, 5.41) is 31.0. The number of rotatable bonds is 18. The number of anilines is 2. The van der Waals surface area contributed by atoms with E-state index in [9.17, 15) is 34.2 Å². The Morgan fingerprint density at radius 3 is 2.42 bits per heavy atom. The first-order valence-corrected chi connectivity index (χ1v) is 31.7. The number of aromatic nitrogens is 3. The fraction of sp³-hybridized carbons (Fsp3) is 0.415. The number of β-amino-alcohol motifs (C(OH)–C–C–N with tert-alkyl or cyclic N) is 1. The number of thiazole rings is 3. The molecule has 6 heterocycles. The predicted octanol–water partition coefficient (Wildman–Crippen LogP) is 9.75. The predicted molar refractivity (Wildman–Crippen MR) is 332 cm³/mol. The van der Waals surface area contributed by atoms with Crippen LogP contribution in [0.25, 0.3) is 20.7 Å². The van der Waals surface area contributed by atoms with Gasteiger partial charge in [0.05, 0.1) is 45.6 Å². The van der Waals surface area contributed by atoms with Crippen molar-refractivity contribution in [2.45, 2.75) is 117 Å². The number of carboxylic acids is 1. The van der Waals surface area contributed by atoms with Gasteiger partial charge in [0.1, 0.15) is 17.8 Å². The van der Waals surface area contributed by atoms with Gasteiger partial charge in [-0.15, -0.1) is 22.7 Å². The Kier molecular flexibility index (Phi) is 17.8. The maximum atomic E-state index is 14.2. The number of aliphatic hydroxyl groups is 1. The van der Waals surface area contributed by atoms with Crippen LogP contribution in [0, 0.1) is 35.5 Å². The van der Waals surface area contributed by atoms with E-state index in [0.29, 0.717) is 78.4 Å². The highest BCUT2D eigenvalue weighted by Gasteiger charge is 2.48. The van der Waals surface area contributed by atoms with Crippen LogP contribution in [0.15, 0.2) is 96.5 Å². The SMILES string of the molecule is Cc1ncsc1-c1ccc(CNC(=O)[C@@H]2C[C@@H](O)CN2C(=O)[C@@H](NC(=O)CC2CC3(CCN(CC#Cc4ccc(OCCCc5sc(N6CCc7cccc(C(=O)Nc8nc9ccccc9s8)c7C6)nc5C(=O)O)cc4)CC3)C2)C(C)(C)C)cc1. The van der Waals surface area contributed by atoms with Gasteiger partial charge in [-0.1, -0.05) is 92.5 Å². The van der Waals surface area contributed by atoms with E-state index in [4.69, 9.17) is 4.74 Å². The molecule has 85 heavy (non-hydrogen) atoms. The van der Waals surface area contributed by atoms with Crippen molar-refractivity contribution in [1.29, 1.82) is 0 Å². The van der Waals surface area contributed by atoms with Crippen LogP contribution in [-0.2, 0) is 40.3 Å². The lowest BCUT2D eigenvalue weighted by molar-refractivity contribution is -0.144. The molecule has 1 saturated carbocycles. The number of aromatic carboxylic acids is 1. The molecule has 3 aromatic heterocycles. The second kappa shape index (κ2) is 25.6. The zero-order valence-corrected chi connectivity index (χ0v) is 50.8. The lowest BCUT2D eigenvalue weighted by Crippen LogP contribution is -2.58. The van der Waals surface area contributed by atoms with Gasteiger partial charge in [0.2, 0.25) is 17.7 Å². The molecule has 3 atom stereocenters. The number of aliphatic hydroxyl groups excluding tert-OH is 1. The zero-order valence-electron chi connectivity index (χ0n) is 48.3. The van der Waals surface area contributed by atoms with Crippen LogP contribution in [0.1, 0.15) is 119 Å². The molecule has 3 fully saturated rings. The van der Waals surface area contributed by atoms with Gasteiger partial charge >= 0.3 is 5.97 Å². The highest BCUT2D eigenvalue weighted by Crippen LogP contribution is 2.53. The number of ether oxygens (including phenoxy) is 1. The maximum Gasteiger partial charge on any atom is 0.355 e. The summed E-state index contributed by atoms with van der Waals surface area (Å²) >= 11 is 4.39. The van der Waals surface area contributed by atoms with Crippen molar-refractivity contribution < 1.29 is 38.9 Å². The first-order chi connectivity index (χ1) is 40.9. The molecule has 2 saturated heterocycles. The van der Waals surface area contributed by atoms with E-state index < -0.39 is 29.6 Å². The summed E-state index contributed by atoms with van der Waals surface area (Å²) in [7, 11) is 0. The van der Waals surface area contributed by atoms with Crippen LogP contribution in [0.2, 0.25) is 0 Å². The van der Waals surface area contributed by atoms with Gasteiger partial charge in [-0.2, -0.15) is 0 Å². The number of likely N-dealkylation sites (tertiary alicyclic amines) is 2. The number of fused-ring (bicyclic) bond motifs is 2. The first kappa shape index (κ1) is 59.2. The number of hydrogen-bond acceptors (Lipinski definition) is 15. The molecule has 5 N–H and O–H groups in total. The molecular weight excluding hydrogens is 1130 g/mol. The van der Waals surface area contributed by atoms with E-state index >= 15 is 0 Å². The van der Waals surface area contributed by atoms with Crippen molar-refractivity contribution in [2.24, 2.45) is 16.7 Å². The standard InChI is InChI=1S/C65H71N9O8S3/c1-40-56(83-39-67-40)45-20-16-42(17-21-45)36-66-59(78)51-33-46(75)37-74(51)60(79)57(64(2,3)4)69-54(76)32-43-34-65(35-43)25-29-72(30-26-65)27-8-10-41-18-22-47(23-19-41)82-31-9-15-53-55(61(80)81)70-63(85-53)73-28-24-44-11-7-12-48(49(44)38-73)58(77)71-62-68-50-13-5-6-14-52(50)84-62/h5-7,11-14,16-23,39,43,46,51,57,75H,9,15,24-38H2,1-4H3,(H,66,78)(H,69,76)(H,80,81)(H,68,71,77)/t46-,51+,57-/m1/s1. The first-order valence-electron chi connectivity index (χ1n) is 29.2. The molecule has 11 rings (SSSR count). The number of nitrogens with zero attached hydrogens (tertiary/aromatic N) is 6. The summed E-state index contributed by atoms with van der Waals surface area (Å²) < 4.78 is 7.07. The fourth-order valence-corrected chi connectivity index (χ4v) is 15.1. The van der Waals surface area contributed by atoms with Gasteiger partial charge in [-0.25, -0.2) is 19.7 Å². The van der Waals surface area contributed by atoms with E-state index in [-0.39, 0.29) is 60.2 Å². The van der Waals surface area contributed by atoms with Gasteiger partial charge in [0, 0.05) is 55.0 Å². The Hall–Kier alpha value is -7.54. The molecule has 4 amide bonds. The molecule has 7 aromatic rings. The average molecular weight is 1200 g/mol. The number of benzene rings is 4. The van der Waals surface area contributed by atoms with Gasteiger partial charge in [-0.3, -0.25) is 29.4 Å². The second-order valence-electron chi connectivity index (χ2n) is 24.1. The Bertz CT molecular complexity index is 3620. The molecule has 1 spiro atoms. The Morgan fingerprint density at radius 1 is 0.918 bits per heavy atom. The number of piperidine rings is 1. The number of nitrogens with one attached hydrogen (secondary N) is 3. The summed E-state index contributed by atoms with van der Waals surface area (Å²) in [6.07, 6.45) is 5.44. The summed E-state index contributed by atoms with van der Waals surface area (Å²) in [6.45, 7) is 12.0. The number of carbonyl (C=O) groups excluding carboxylic acids is 4. The van der Waals surface area contributed by atoms with Crippen molar-refractivity contribution in [3.63, 3.8) is 0 Å². The molecule has 3 aliphatic heterocycles. The summed E-state index contributed by atoms with van der Waals surface area (Å²) in [4.78, 5) is 88.6. The quantitative estimate of drug-likeness (QED) is 0.0400. The topological polar surface area (TPSA) is 220 Å². The number of amides is 4. The Morgan fingerprint density at radius 2 is 1.69 bits per heavy atom. The van der Waals surface area contributed by atoms with E-state index in [1.807, 2.05) is 124 Å². The monoisotopic (exact) mass is 1200 g/mol. The molecule has 20 heteroatoms. The minimum absolute atomic E-state index is 0.0258. The number of para-hydroxylation sites is 1. The molecule has 1 aliphatic carbocycles. The largest absolute Gasteiger partial charge is 0.494 e. The third-order valence-corrected chi connectivity index (χ3v) is 20.0. The molecule has 0 radical (unpaired) electrons. The molecule has 4 aromatic carbocycles. The van der Waals surface area contributed by atoms with Crippen molar-refractivity contribution >= 4 is 84.1 Å². The minimum atomic E-state index is -1.07. The number of carbonyl (C=O) groups is 5. The van der Waals surface area contributed by atoms with Crippen LogP contribution in [0.5, 0.6) is 5.75 Å². The lowest BCUT2D eigenvalue weighted by Gasteiger charge is -2.52. The number of carboxylic acid groups (broad SMARTS) is 1. The minimum Gasteiger partial charge on any atom is -0.494 e. The van der Waals surface area contributed by atoms with Crippen LogP contribution >= 0.6 is 34.0 Å². The Balaban J connectivity index is 0.592. The van der Waals surface area contributed by atoms with Crippen LogP contribution in [0.3, 0.4) is 0 Å². The van der Waals surface area contributed by atoms with Gasteiger partial charge < -0.3 is 35.4 Å². The van der Waals surface area contributed by atoms with Crippen LogP contribution in [0.4, 0.5) is 10.3 Å². The summed E-state index contributed by atoms with van der Waals surface area (Å²) in [5.41, 5.74) is 8.67. The van der Waals surface area contributed by atoms with E-state index in [2.05, 4.69) is 52.5 Å². The van der Waals surface area contributed by atoms with E-state index in [1.54, 1.807) is 11.3 Å². The average Bonchev–Trinajstić information content (AvgIpc) is 3.93. The second-order valence-corrected chi connectivity index (χ2v) is 27.1. The van der Waals surface area contributed by atoms with Crippen LogP contribution in [-0.4, -0.2) is 122 Å². The molecule has 17 nitrogen and oxygen atoms in total. The van der Waals surface area contributed by atoms with Crippen molar-refractivity contribution in [3.8, 4) is 28.0 Å². The summed E-state index contributed by atoms with van der Waals surface area (Å²) in [6, 6.07) is 27.5.